The van der Waals surface area contributed by atoms with Crippen LogP contribution in [0, 0.1) is 17.8 Å². The van der Waals surface area contributed by atoms with Crippen LogP contribution in [0.25, 0.3) is 0 Å². The summed E-state index contributed by atoms with van der Waals surface area (Å²) in [6, 6.07) is 0.812. The maximum atomic E-state index is 14.1. The third kappa shape index (κ3) is 4.37. The molecular weight excluding hydrogens is 528 g/mol. The zero-order valence-corrected chi connectivity index (χ0v) is 24.0. The van der Waals surface area contributed by atoms with E-state index in [0.29, 0.717) is 23.7 Å². The number of rotatable bonds is 6. The van der Waals surface area contributed by atoms with Crippen molar-refractivity contribution in [2.24, 2.45) is 23.5 Å². The van der Waals surface area contributed by atoms with Crippen molar-refractivity contribution in [1.82, 2.24) is 4.90 Å². The molecule has 0 heterocycles. The third-order valence-corrected chi connectivity index (χ3v) is 9.49. The van der Waals surface area contributed by atoms with E-state index in [1.807, 2.05) is 25.1 Å². The zero-order valence-electron chi connectivity index (χ0n) is 24.0. The Labute approximate surface area is 239 Å². The first kappa shape index (κ1) is 28.9. The smallest absolute Gasteiger partial charge is 0.255 e. The first-order valence-electron chi connectivity index (χ1n) is 14.2. The van der Waals surface area contributed by atoms with Gasteiger partial charge in [-0.25, -0.2) is 0 Å². The van der Waals surface area contributed by atoms with Crippen LogP contribution in [0.4, 0.5) is 11.4 Å². The summed E-state index contributed by atoms with van der Waals surface area (Å²) in [5, 5.41) is 49.0. The predicted octanol–water partition coefficient (Wildman–Crippen LogP) is 2.18. The zero-order chi connectivity index (χ0) is 30.0. The van der Waals surface area contributed by atoms with Crippen LogP contribution in [0.1, 0.15) is 54.4 Å². The molecule has 0 bridgehead atoms. The summed E-state index contributed by atoms with van der Waals surface area (Å²) in [6.07, 6.45) is 6.06. The van der Waals surface area contributed by atoms with E-state index in [1.165, 1.54) is 19.3 Å². The Morgan fingerprint density at radius 1 is 1.10 bits per heavy atom. The Morgan fingerprint density at radius 3 is 2.34 bits per heavy atom. The molecule has 4 aliphatic rings. The number of likely N-dealkylation sites (N-methyl/N-ethyl adjacent to an activating group) is 1. The number of aliphatic hydroxyl groups excluding tert-OH is 2. The number of hydrogen-bond donors (Lipinski definition) is 6. The summed E-state index contributed by atoms with van der Waals surface area (Å²) < 4.78 is 0. The van der Waals surface area contributed by atoms with Crippen molar-refractivity contribution < 1.29 is 34.8 Å². The molecule has 0 aromatic heterocycles. The normalized spacial score (nSPS) is 28.4. The highest BCUT2D eigenvalue weighted by Crippen LogP contribution is 2.54. The summed E-state index contributed by atoms with van der Waals surface area (Å²) in [5.74, 6) is -6.05. The summed E-state index contributed by atoms with van der Waals surface area (Å²) in [4.78, 5) is 43.2. The molecule has 5 rings (SSSR count). The number of benzene rings is 1. The van der Waals surface area contributed by atoms with E-state index < -0.39 is 58.0 Å². The number of anilines is 2. The number of primary amides is 1. The SMILES string of the molecule is CN(C)c1cc(NCC2CCCCC2)c(O)c2c1C[C@@H]1C[C@@H]3[C@@H](N(C)C)C(O)=C(C(N)=O)C(=O)[C@]3(O)C(O)=C1C2=O. The number of phenolic OH excluding ortho intramolecular Hbond substituents is 1. The molecule has 1 aromatic rings. The molecular formula is C30H40N4O7. The quantitative estimate of drug-likeness (QED) is 0.220. The van der Waals surface area contributed by atoms with Crippen LogP contribution in [0.3, 0.4) is 0 Å². The molecule has 0 radical (unpaired) electrons. The molecule has 4 aliphatic carbocycles. The Balaban J connectivity index is 1.63. The molecule has 11 heteroatoms. The van der Waals surface area contributed by atoms with Gasteiger partial charge >= 0.3 is 0 Å². The fraction of sp³-hybridized carbons (Fsp3) is 0.567. The number of Topliss-reactive ketones (excluding diaryl/α,β-unsaturated/α-hetero) is 2. The summed E-state index contributed by atoms with van der Waals surface area (Å²) in [5.41, 5.74) is 3.55. The van der Waals surface area contributed by atoms with E-state index in [0.717, 1.165) is 18.5 Å². The van der Waals surface area contributed by atoms with Gasteiger partial charge in [-0.15, -0.1) is 0 Å². The molecule has 11 nitrogen and oxygen atoms in total. The minimum Gasteiger partial charge on any atom is -0.510 e. The number of allylic oxidation sites excluding steroid dienone is 1. The van der Waals surface area contributed by atoms with Crippen molar-refractivity contribution in [3.05, 3.63) is 39.9 Å². The Bertz CT molecular complexity index is 1380. The number of phenols is 1. The van der Waals surface area contributed by atoms with Gasteiger partial charge in [-0.1, -0.05) is 19.3 Å². The van der Waals surface area contributed by atoms with Gasteiger partial charge in [0.05, 0.1) is 17.3 Å². The lowest BCUT2D eigenvalue weighted by Gasteiger charge is -2.50. The number of nitrogens with two attached hydrogens (primary N) is 1. The van der Waals surface area contributed by atoms with Gasteiger partial charge in [0, 0.05) is 37.8 Å². The average molecular weight is 569 g/mol. The van der Waals surface area contributed by atoms with Crippen molar-refractivity contribution in [2.75, 3.05) is 45.0 Å². The molecule has 0 saturated heterocycles. The molecule has 0 aliphatic heterocycles. The Morgan fingerprint density at radius 2 is 1.76 bits per heavy atom. The maximum Gasteiger partial charge on any atom is 0.255 e. The van der Waals surface area contributed by atoms with E-state index in [1.54, 1.807) is 19.0 Å². The fourth-order valence-corrected chi connectivity index (χ4v) is 7.48. The number of carbonyl (C=O) groups is 3. The maximum absolute atomic E-state index is 14.1. The lowest BCUT2D eigenvalue weighted by atomic mass is 9.58. The summed E-state index contributed by atoms with van der Waals surface area (Å²) in [7, 11) is 6.91. The lowest BCUT2D eigenvalue weighted by molar-refractivity contribution is -0.148. The van der Waals surface area contributed by atoms with Crippen LogP contribution >= 0.6 is 0 Å². The first-order chi connectivity index (χ1) is 19.3. The number of nitrogens with zero attached hydrogens (tertiary/aromatic N) is 2. The standard InChI is InChI=1S/C30H40N4O7/c1-33(2)19-12-18(32-13-14-8-6-5-7-9-14)24(35)21-16(19)10-15-11-17-23(34(3)4)26(37)22(29(31)40)28(39)30(17,41)27(38)20(15)25(21)36/h12,14-15,17,23,32,35,37-38,41H,5-11,13H2,1-4H3,(H2,31,40)/t15-,17-,23-,30-/m1/s1. The second-order valence-corrected chi connectivity index (χ2v) is 12.4. The molecule has 4 atom stereocenters. The number of aliphatic hydroxyl groups is 3. The number of aromatic hydroxyl groups is 1. The van der Waals surface area contributed by atoms with Crippen LogP contribution in [0.2, 0.25) is 0 Å². The monoisotopic (exact) mass is 568 g/mol. The van der Waals surface area contributed by atoms with Gasteiger partial charge in [-0.05, 0) is 63.2 Å². The summed E-state index contributed by atoms with van der Waals surface area (Å²) >= 11 is 0. The van der Waals surface area contributed by atoms with Crippen molar-refractivity contribution in [3.63, 3.8) is 0 Å². The predicted molar refractivity (Wildman–Crippen MR) is 153 cm³/mol. The van der Waals surface area contributed by atoms with E-state index >= 15 is 0 Å². The first-order valence-corrected chi connectivity index (χ1v) is 14.2. The highest BCUT2D eigenvalue weighted by Gasteiger charge is 2.63. The molecule has 41 heavy (non-hydrogen) atoms. The van der Waals surface area contributed by atoms with E-state index in [9.17, 15) is 34.8 Å². The molecule has 1 fully saturated rings. The number of hydrogen-bond acceptors (Lipinski definition) is 10. The molecule has 1 saturated carbocycles. The molecule has 1 aromatic carbocycles. The van der Waals surface area contributed by atoms with E-state index in [-0.39, 0.29) is 29.7 Å². The fourth-order valence-electron chi connectivity index (χ4n) is 7.48. The van der Waals surface area contributed by atoms with Gasteiger partial charge < -0.3 is 36.4 Å². The number of carbonyl (C=O) groups excluding carboxylic acids is 3. The number of fused-ring (bicyclic) bond motifs is 3. The van der Waals surface area contributed by atoms with Crippen molar-refractivity contribution in [1.29, 1.82) is 0 Å². The minimum absolute atomic E-state index is 0.0168. The second-order valence-electron chi connectivity index (χ2n) is 12.4. The molecule has 1 amide bonds. The van der Waals surface area contributed by atoms with E-state index in [2.05, 4.69) is 5.32 Å². The van der Waals surface area contributed by atoms with Crippen molar-refractivity contribution >= 4 is 28.8 Å². The van der Waals surface area contributed by atoms with Crippen molar-refractivity contribution in [2.45, 2.75) is 56.6 Å². The van der Waals surface area contributed by atoms with E-state index in [4.69, 9.17) is 5.73 Å². The number of ketones is 2. The van der Waals surface area contributed by atoms with Gasteiger partial charge in [-0.2, -0.15) is 0 Å². The number of amides is 1. The lowest BCUT2D eigenvalue weighted by Crippen LogP contribution is -2.63. The van der Waals surface area contributed by atoms with Crippen molar-refractivity contribution in [3.8, 4) is 5.75 Å². The highest BCUT2D eigenvalue weighted by atomic mass is 16.3. The van der Waals surface area contributed by atoms with Gasteiger partial charge in [0.1, 0.15) is 22.8 Å². The Kier molecular flexibility index (Phi) is 7.31. The van der Waals surface area contributed by atoms with Gasteiger partial charge in [0.25, 0.3) is 5.91 Å². The van der Waals surface area contributed by atoms with Crippen LogP contribution in [-0.2, 0) is 16.0 Å². The molecule has 0 spiro atoms. The topological polar surface area (TPSA) is 177 Å². The molecule has 0 unspecified atom stereocenters. The van der Waals surface area contributed by atoms with Crippen LogP contribution in [0.15, 0.2) is 28.7 Å². The van der Waals surface area contributed by atoms with Crippen LogP contribution in [-0.4, -0.2) is 89.2 Å². The average Bonchev–Trinajstić information content (AvgIpc) is 2.90. The second kappa shape index (κ2) is 10.4. The largest absolute Gasteiger partial charge is 0.510 e. The molecule has 222 valence electrons. The van der Waals surface area contributed by atoms with Gasteiger partial charge in [0.15, 0.2) is 11.4 Å². The number of nitrogens with one attached hydrogen (secondary N) is 1. The van der Waals surface area contributed by atoms with Gasteiger partial charge in [0.2, 0.25) is 5.78 Å². The highest BCUT2D eigenvalue weighted by molar-refractivity contribution is 6.25. The summed E-state index contributed by atoms with van der Waals surface area (Å²) in [6.45, 7) is 0.650. The van der Waals surface area contributed by atoms with Crippen LogP contribution < -0.4 is 16.0 Å². The minimum atomic E-state index is -2.65. The Hall–Kier alpha value is -3.57. The van der Waals surface area contributed by atoms with Gasteiger partial charge in [-0.3, -0.25) is 19.3 Å². The third-order valence-electron chi connectivity index (χ3n) is 9.49. The molecule has 7 N–H and O–H groups in total. The van der Waals surface area contributed by atoms with Crippen LogP contribution in [0.5, 0.6) is 5.75 Å².